The number of nitrogens with one attached hydrogen (secondary N) is 2. The second kappa shape index (κ2) is 8.62. The highest BCUT2D eigenvalue weighted by Gasteiger charge is 2.16. The Labute approximate surface area is 156 Å². The predicted molar refractivity (Wildman–Crippen MR) is 99.6 cm³/mol. The van der Waals surface area contributed by atoms with Crippen LogP contribution in [0.15, 0.2) is 42.5 Å². The fourth-order valence-electron chi connectivity index (χ4n) is 3.02. The van der Waals surface area contributed by atoms with Crippen LogP contribution >= 0.6 is 0 Å². The zero-order valence-corrected chi connectivity index (χ0v) is 14.8. The second-order valence-electron chi connectivity index (χ2n) is 6.44. The molecular formula is C20H21F2N3O2. The number of nitrogens with zero attached hydrogens (tertiary/aromatic N) is 1. The molecule has 0 bridgehead atoms. The van der Waals surface area contributed by atoms with Gasteiger partial charge >= 0.3 is 11.8 Å². The molecule has 1 aliphatic rings. The molecule has 0 radical (unpaired) electrons. The number of amides is 2. The van der Waals surface area contributed by atoms with Gasteiger partial charge < -0.3 is 15.5 Å². The largest absolute Gasteiger partial charge is 0.372 e. The van der Waals surface area contributed by atoms with Gasteiger partial charge in [0.15, 0.2) is 0 Å². The van der Waals surface area contributed by atoms with E-state index in [0.717, 1.165) is 30.8 Å². The number of hydrogen-bond acceptors (Lipinski definition) is 3. The Morgan fingerprint density at radius 3 is 2.33 bits per heavy atom. The Bertz CT molecular complexity index is 818. The van der Waals surface area contributed by atoms with Crippen molar-refractivity contribution in [3.05, 3.63) is 59.7 Å². The average Bonchev–Trinajstić information content (AvgIpc) is 3.19. The molecule has 1 aliphatic heterocycles. The van der Waals surface area contributed by atoms with Crippen molar-refractivity contribution in [3.63, 3.8) is 0 Å². The van der Waals surface area contributed by atoms with E-state index < -0.39 is 23.4 Å². The van der Waals surface area contributed by atoms with Crippen molar-refractivity contribution in [3.8, 4) is 0 Å². The first-order valence-electron chi connectivity index (χ1n) is 8.91. The Morgan fingerprint density at radius 1 is 0.963 bits per heavy atom. The average molecular weight is 373 g/mol. The Balaban J connectivity index is 1.45. The fraction of sp³-hybridized carbons (Fsp3) is 0.300. The van der Waals surface area contributed by atoms with Crippen LogP contribution in [0.1, 0.15) is 18.4 Å². The van der Waals surface area contributed by atoms with Crippen molar-refractivity contribution >= 4 is 23.2 Å². The maximum atomic E-state index is 13.5. The lowest BCUT2D eigenvalue weighted by Crippen LogP contribution is -2.36. The van der Waals surface area contributed by atoms with Gasteiger partial charge in [0.2, 0.25) is 0 Å². The van der Waals surface area contributed by atoms with Gasteiger partial charge in [-0.05, 0) is 49.1 Å². The number of rotatable bonds is 5. The van der Waals surface area contributed by atoms with Crippen molar-refractivity contribution in [1.82, 2.24) is 5.32 Å². The second-order valence-corrected chi connectivity index (χ2v) is 6.44. The molecule has 2 N–H and O–H groups in total. The van der Waals surface area contributed by atoms with Gasteiger partial charge in [0, 0.05) is 31.4 Å². The third kappa shape index (κ3) is 5.03. The summed E-state index contributed by atoms with van der Waals surface area (Å²) >= 11 is 0. The molecule has 142 valence electrons. The molecule has 0 atom stereocenters. The van der Waals surface area contributed by atoms with Crippen LogP contribution in [-0.4, -0.2) is 31.4 Å². The number of carbonyl (C=O) groups is 2. The van der Waals surface area contributed by atoms with E-state index in [1.165, 1.54) is 18.5 Å². The van der Waals surface area contributed by atoms with Gasteiger partial charge in [-0.25, -0.2) is 8.78 Å². The lowest BCUT2D eigenvalue weighted by atomic mass is 10.1. The molecule has 0 saturated carbocycles. The molecule has 0 aromatic heterocycles. The summed E-state index contributed by atoms with van der Waals surface area (Å²) in [5.74, 6) is -3.56. The summed E-state index contributed by atoms with van der Waals surface area (Å²) in [6, 6.07) is 10.8. The van der Waals surface area contributed by atoms with E-state index in [0.29, 0.717) is 12.5 Å². The van der Waals surface area contributed by atoms with Crippen LogP contribution in [0.2, 0.25) is 0 Å². The maximum absolute atomic E-state index is 13.5. The van der Waals surface area contributed by atoms with Gasteiger partial charge in [-0.1, -0.05) is 12.1 Å². The molecule has 0 aliphatic carbocycles. The van der Waals surface area contributed by atoms with Gasteiger partial charge in [-0.15, -0.1) is 0 Å². The molecule has 2 aromatic rings. The topological polar surface area (TPSA) is 61.4 Å². The molecule has 2 aromatic carbocycles. The third-order valence-corrected chi connectivity index (χ3v) is 4.49. The smallest absolute Gasteiger partial charge is 0.313 e. The Morgan fingerprint density at radius 2 is 1.67 bits per heavy atom. The van der Waals surface area contributed by atoms with Crippen molar-refractivity contribution in [1.29, 1.82) is 0 Å². The standard InChI is InChI=1S/C20H21F2N3O2/c21-15-5-8-18(17(22)13-15)24-20(27)19(26)23-10-9-14-3-6-16(7-4-14)25-11-1-2-12-25/h3-8,13H,1-2,9-12H2,(H,23,26)(H,24,27). The number of anilines is 2. The van der Waals surface area contributed by atoms with E-state index in [-0.39, 0.29) is 12.2 Å². The van der Waals surface area contributed by atoms with E-state index in [2.05, 4.69) is 27.7 Å². The summed E-state index contributed by atoms with van der Waals surface area (Å²) in [6.45, 7) is 2.44. The van der Waals surface area contributed by atoms with Crippen molar-refractivity contribution < 1.29 is 18.4 Å². The Kier molecular flexibility index (Phi) is 6.01. The summed E-state index contributed by atoms with van der Waals surface area (Å²) in [5.41, 5.74) is 2.00. The molecule has 3 rings (SSSR count). The van der Waals surface area contributed by atoms with Crippen LogP contribution in [0.5, 0.6) is 0 Å². The van der Waals surface area contributed by atoms with Gasteiger partial charge in [0.05, 0.1) is 5.69 Å². The molecule has 2 amide bonds. The van der Waals surface area contributed by atoms with Crippen LogP contribution < -0.4 is 15.5 Å². The van der Waals surface area contributed by atoms with E-state index in [9.17, 15) is 18.4 Å². The maximum Gasteiger partial charge on any atom is 0.313 e. The predicted octanol–water partition coefficient (Wildman–Crippen LogP) is 2.86. The van der Waals surface area contributed by atoms with Crippen molar-refractivity contribution in [2.24, 2.45) is 0 Å². The minimum Gasteiger partial charge on any atom is -0.372 e. The molecule has 0 unspecified atom stereocenters. The Hall–Kier alpha value is -2.96. The monoisotopic (exact) mass is 373 g/mol. The summed E-state index contributed by atoms with van der Waals surface area (Å²) in [6.07, 6.45) is 3.01. The van der Waals surface area contributed by atoms with Gasteiger partial charge in [-0.3, -0.25) is 9.59 Å². The molecule has 5 nitrogen and oxygen atoms in total. The molecule has 0 spiro atoms. The van der Waals surface area contributed by atoms with E-state index in [4.69, 9.17) is 0 Å². The SMILES string of the molecule is O=C(NCCc1ccc(N2CCCC2)cc1)C(=O)Nc1ccc(F)cc1F. The normalized spacial score (nSPS) is 13.5. The summed E-state index contributed by atoms with van der Waals surface area (Å²) in [4.78, 5) is 25.9. The zero-order valence-electron chi connectivity index (χ0n) is 14.8. The summed E-state index contributed by atoms with van der Waals surface area (Å²) in [5, 5.41) is 4.62. The van der Waals surface area contributed by atoms with E-state index in [1.54, 1.807) is 0 Å². The lowest BCUT2D eigenvalue weighted by Gasteiger charge is -2.17. The third-order valence-electron chi connectivity index (χ3n) is 4.49. The molecule has 7 heteroatoms. The highest BCUT2D eigenvalue weighted by atomic mass is 19.1. The van der Waals surface area contributed by atoms with E-state index in [1.807, 2.05) is 12.1 Å². The molecule has 1 heterocycles. The fourth-order valence-corrected chi connectivity index (χ4v) is 3.02. The first kappa shape index (κ1) is 18.8. The minimum absolute atomic E-state index is 0.242. The molecule has 1 saturated heterocycles. The van der Waals surface area contributed by atoms with Crippen LogP contribution in [0.4, 0.5) is 20.2 Å². The van der Waals surface area contributed by atoms with Gasteiger partial charge in [0.1, 0.15) is 11.6 Å². The number of benzene rings is 2. The van der Waals surface area contributed by atoms with Gasteiger partial charge in [-0.2, -0.15) is 0 Å². The first-order valence-corrected chi connectivity index (χ1v) is 8.91. The highest BCUT2D eigenvalue weighted by Crippen LogP contribution is 2.20. The van der Waals surface area contributed by atoms with Crippen LogP contribution in [0.3, 0.4) is 0 Å². The number of carbonyl (C=O) groups excluding carboxylic acids is 2. The number of hydrogen-bond donors (Lipinski definition) is 2. The first-order chi connectivity index (χ1) is 13.0. The number of halogens is 2. The molecule has 27 heavy (non-hydrogen) atoms. The summed E-state index contributed by atoms with van der Waals surface area (Å²) < 4.78 is 26.4. The lowest BCUT2D eigenvalue weighted by molar-refractivity contribution is -0.136. The molecular weight excluding hydrogens is 352 g/mol. The zero-order chi connectivity index (χ0) is 19.2. The van der Waals surface area contributed by atoms with Gasteiger partial charge in [0.25, 0.3) is 0 Å². The van der Waals surface area contributed by atoms with Crippen LogP contribution in [-0.2, 0) is 16.0 Å². The molecule has 1 fully saturated rings. The highest BCUT2D eigenvalue weighted by molar-refractivity contribution is 6.39. The minimum atomic E-state index is -0.995. The quantitative estimate of drug-likeness (QED) is 0.793. The van der Waals surface area contributed by atoms with Crippen molar-refractivity contribution in [2.45, 2.75) is 19.3 Å². The van der Waals surface area contributed by atoms with Crippen LogP contribution in [0.25, 0.3) is 0 Å². The van der Waals surface area contributed by atoms with E-state index >= 15 is 0 Å². The van der Waals surface area contributed by atoms with Crippen molar-refractivity contribution in [2.75, 3.05) is 29.9 Å². The van der Waals surface area contributed by atoms with Crippen LogP contribution in [0, 0.1) is 11.6 Å². The summed E-state index contributed by atoms with van der Waals surface area (Å²) in [7, 11) is 0.